The number of benzene rings is 1. The molecule has 1 unspecified atom stereocenters. The standard InChI is InChI=1S/C32H40N4O3S2/c1-2-3-4-5-6-7-8-9-10-15-21-36-31(39)27(41-32(36)40)22-25-29(33-23-26(37)24-17-12-11-13-18-24)34-28-19-14-16-20-35(28)30(25)38/h11-14,16-20,22,26,33,37H,2-10,15,21,23H2,1H3/b27-22+. The molecular formula is C32H40N4O3S2. The Labute approximate surface area is 252 Å². The summed E-state index contributed by atoms with van der Waals surface area (Å²) in [6, 6.07) is 14.6. The van der Waals surface area contributed by atoms with Gasteiger partial charge >= 0.3 is 0 Å². The van der Waals surface area contributed by atoms with Crippen LogP contribution in [-0.4, -0.2) is 42.7 Å². The molecule has 1 aliphatic rings. The summed E-state index contributed by atoms with van der Waals surface area (Å²) in [5.74, 6) is 0.139. The fraction of sp³-hybridized carbons (Fsp3) is 0.438. The van der Waals surface area contributed by atoms with Crippen LogP contribution < -0.4 is 10.9 Å². The van der Waals surface area contributed by atoms with E-state index >= 15 is 0 Å². The number of aliphatic hydroxyl groups excluding tert-OH is 1. The number of anilines is 1. The summed E-state index contributed by atoms with van der Waals surface area (Å²) in [4.78, 5) is 33.5. The van der Waals surface area contributed by atoms with Crippen molar-refractivity contribution in [2.75, 3.05) is 18.4 Å². The van der Waals surface area contributed by atoms with Crippen molar-refractivity contribution in [3.05, 3.63) is 81.1 Å². The van der Waals surface area contributed by atoms with Gasteiger partial charge in [-0.15, -0.1) is 0 Å². The summed E-state index contributed by atoms with van der Waals surface area (Å²) in [7, 11) is 0. The minimum atomic E-state index is -0.792. The summed E-state index contributed by atoms with van der Waals surface area (Å²) in [6.07, 6.45) is 14.7. The zero-order valence-corrected chi connectivity index (χ0v) is 25.4. The Kier molecular flexibility index (Phi) is 12.0. The number of fused-ring (bicyclic) bond motifs is 1. The monoisotopic (exact) mass is 592 g/mol. The molecule has 2 aromatic heterocycles. The third-order valence-electron chi connectivity index (χ3n) is 7.30. The Balaban J connectivity index is 1.41. The van der Waals surface area contributed by atoms with Crippen LogP contribution in [0.15, 0.2) is 64.4 Å². The first-order valence-corrected chi connectivity index (χ1v) is 16.0. The number of amides is 1. The number of aliphatic hydroxyl groups is 1. The Morgan fingerprint density at radius 3 is 2.32 bits per heavy atom. The summed E-state index contributed by atoms with van der Waals surface area (Å²) < 4.78 is 1.97. The topological polar surface area (TPSA) is 86.9 Å². The summed E-state index contributed by atoms with van der Waals surface area (Å²) in [5, 5.41) is 13.8. The quantitative estimate of drug-likeness (QED) is 0.106. The molecular weight excluding hydrogens is 553 g/mol. The molecule has 1 aromatic carbocycles. The predicted octanol–water partition coefficient (Wildman–Crippen LogP) is 6.96. The van der Waals surface area contributed by atoms with Crippen LogP contribution in [0.2, 0.25) is 0 Å². The molecule has 1 saturated heterocycles. The molecule has 3 heterocycles. The molecule has 0 spiro atoms. The van der Waals surface area contributed by atoms with Crippen molar-refractivity contribution in [2.24, 2.45) is 0 Å². The van der Waals surface area contributed by atoms with Crippen molar-refractivity contribution in [3.8, 4) is 0 Å². The van der Waals surface area contributed by atoms with E-state index in [0.717, 1.165) is 18.4 Å². The lowest BCUT2D eigenvalue weighted by atomic mass is 10.1. The molecule has 218 valence electrons. The fourth-order valence-corrected chi connectivity index (χ4v) is 6.23. The van der Waals surface area contributed by atoms with Crippen LogP contribution in [0.5, 0.6) is 0 Å². The van der Waals surface area contributed by atoms with Crippen molar-refractivity contribution in [1.29, 1.82) is 0 Å². The minimum absolute atomic E-state index is 0.153. The highest BCUT2D eigenvalue weighted by Gasteiger charge is 2.32. The van der Waals surface area contributed by atoms with Gasteiger partial charge in [-0.3, -0.25) is 18.9 Å². The molecule has 0 bridgehead atoms. The Hall–Kier alpha value is -3.01. The number of nitrogens with one attached hydrogen (secondary N) is 1. The molecule has 0 aliphatic carbocycles. The average Bonchev–Trinajstić information content (AvgIpc) is 3.26. The van der Waals surface area contributed by atoms with Crippen molar-refractivity contribution in [3.63, 3.8) is 0 Å². The second kappa shape index (κ2) is 15.8. The number of nitrogens with zero attached hydrogens (tertiary/aromatic N) is 3. The number of aromatic nitrogens is 2. The Bertz CT molecular complexity index is 1410. The van der Waals surface area contributed by atoms with Gasteiger partial charge < -0.3 is 10.4 Å². The normalized spacial score (nSPS) is 15.3. The number of carbonyl (C=O) groups is 1. The number of thiocarbonyl (C=S) groups is 1. The zero-order chi connectivity index (χ0) is 29.0. The molecule has 4 rings (SSSR count). The average molecular weight is 593 g/mol. The van der Waals surface area contributed by atoms with Gasteiger partial charge in [0.2, 0.25) is 0 Å². The molecule has 1 atom stereocenters. The predicted molar refractivity (Wildman–Crippen MR) is 173 cm³/mol. The first kappa shape index (κ1) is 30.9. The van der Waals surface area contributed by atoms with Crippen LogP contribution in [0, 0.1) is 0 Å². The molecule has 0 saturated carbocycles. The summed E-state index contributed by atoms with van der Waals surface area (Å²) in [6.45, 7) is 2.98. The van der Waals surface area contributed by atoms with Gasteiger partial charge in [-0.2, -0.15) is 0 Å². The zero-order valence-electron chi connectivity index (χ0n) is 23.8. The smallest absolute Gasteiger partial charge is 0.267 e. The first-order chi connectivity index (χ1) is 20.0. The SMILES string of the molecule is CCCCCCCCCCCCN1C(=O)/C(=C\c2c(NCC(O)c3ccccc3)nc3ccccn3c2=O)SC1=S. The third-order valence-corrected chi connectivity index (χ3v) is 8.68. The van der Waals surface area contributed by atoms with Crippen LogP contribution in [0.25, 0.3) is 11.7 Å². The fourth-order valence-electron chi connectivity index (χ4n) is 4.94. The molecule has 0 radical (unpaired) electrons. The summed E-state index contributed by atoms with van der Waals surface area (Å²) >= 11 is 6.76. The first-order valence-electron chi connectivity index (χ1n) is 14.7. The largest absolute Gasteiger partial charge is 0.387 e. The van der Waals surface area contributed by atoms with E-state index in [0.29, 0.717) is 27.2 Å². The van der Waals surface area contributed by atoms with Gasteiger partial charge in [0.05, 0.1) is 16.6 Å². The molecule has 1 aliphatic heterocycles. The molecule has 2 N–H and O–H groups in total. The number of unbranched alkanes of at least 4 members (excludes halogenated alkanes) is 9. The van der Waals surface area contributed by atoms with Crippen LogP contribution >= 0.6 is 24.0 Å². The van der Waals surface area contributed by atoms with Gasteiger partial charge in [-0.25, -0.2) is 4.98 Å². The van der Waals surface area contributed by atoms with Crippen molar-refractivity contribution in [2.45, 2.75) is 77.2 Å². The molecule has 3 aromatic rings. The molecule has 1 fully saturated rings. The van der Waals surface area contributed by atoms with E-state index in [9.17, 15) is 14.7 Å². The molecule has 7 nitrogen and oxygen atoms in total. The van der Waals surface area contributed by atoms with Crippen LogP contribution in [0.4, 0.5) is 5.82 Å². The number of hydrogen-bond donors (Lipinski definition) is 2. The molecule has 9 heteroatoms. The second-order valence-corrected chi connectivity index (χ2v) is 12.1. The maximum absolute atomic E-state index is 13.5. The van der Waals surface area contributed by atoms with E-state index in [1.807, 2.05) is 36.4 Å². The van der Waals surface area contributed by atoms with Gasteiger partial charge in [-0.1, -0.05) is 125 Å². The van der Waals surface area contributed by atoms with E-state index in [2.05, 4.69) is 17.2 Å². The van der Waals surface area contributed by atoms with E-state index < -0.39 is 6.10 Å². The van der Waals surface area contributed by atoms with Gasteiger partial charge in [0.15, 0.2) is 0 Å². The number of rotatable bonds is 16. The highest BCUT2D eigenvalue weighted by Crippen LogP contribution is 2.33. The van der Waals surface area contributed by atoms with E-state index in [4.69, 9.17) is 12.2 Å². The third kappa shape index (κ3) is 8.50. The Morgan fingerprint density at radius 2 is 1.61 bits per heavy atom. The van der Waals surface area contributed by atoms with Crippen molar-refractivity contribution >= 4 is 51.7 Å². The second-order valence-electron chi connectivity index (χ2n) is 10.4. The lowest BCUT2D eigenvalue weighted by Gasteiger charge is -2.15. The maximum Gasteiger partial charge on any atom is 0.267 e. The molecule has 1 amide bonds. The number of hydrogen-bond acceptors (Lipinski definition) is 7. The van der Waals surface area contributed by atoms with Gasteiger partial charge in [-0.05, 0) is 30.2 Å². The molecule has 41 heavy (non-hydrogen) atoms. The highest BCUT2D eigenvalue weighted by molar-refractivity contribution is 8.26. The van der Waals surface area contributed by atoms with Crippen molar-refractivity contribution < 1.29 is 9.90 Å². The van der Waals surface area contributed by atoms with E-state index in [-0.39, 0.29) is 23.6 Å². The lowest BCUT2D eigenvalue weighted by Crippen LogP contribution is -2.29. The van der Waals surface area contributed by atoms with E-state index in [1.165, 1.54) is 67.5 Å². The van der Waals surface area contributed by atoms with Gasteiger partial charge in [0.25, 0.3) is 11.5 Å². The van der Waals surface area contributed by atoms with Crippen LogP contribution in [-0.2, 0) is 4.79 Å². The maximum atomic E-state index is 13.5. The number of carbonyl (C=O) groups excluding carboxylic acids is 1. The van der Waals surface area contributed by atoms with E-state index in [1.54, 1.807) is 29.3 Å². The van der Waals surface area contributed by atoms with Gasteiger partial charge in [0, 0.05) is 19.3 Å². The number of pyridine rings is 1. The van der Waals surface area contributed by atoms with Crippen LogP contribution in [0.3, 0.4) is 0 Å². The number of thioether (sulfide) groups is 1. The highest BCUT2D eigenvalue weighted by atomic mass is 32.2. The van der Waals surface area contributed by atoms with Crippen LogP contribution in [0.1, 0.15) is 88.4 Å². The minimum Gasteiger partial charge on any atom is -0.387 e. The van der Waals surface area contributed by atoms with Crippen molar-refractivity contribution in [1.82, 2.24) is 14.3 Å². The summed E-state index contributed by atoms with van der Waals surface area (Å²) in [5.41, 5.74) is 1.19. The Morgan fingerprint density at radius 1 is 0.951 bits per heavy atom. The van der Waals surface area contributed by atoms with Gasteiger partial charge in [0.1, 0.15) is 15.8 Å². The lowest BCUT2D eigenvalue weighted by molar-refractivity contribution is -0.122.